The van der Waals surface area contributed by atoms with E-state index < -0.39 is 0 Å². The van der Waals surface area contributed by atoms with E-state index in [1.807, 2.05) is 37.3 Å². The molecule has 4 aromatic rings. The fourth-order valence-electron chi connectivity index (χ4n) is 3.93. The molecule has 0 spiro atoms. The quantitative estimate of drug-likeness (QED) is 0.484. The predicted octanol–water partition coefficient (Wildman–Crippen LogP) is 4.05. The third-order valence-corrected chi connectivity index (χ3v) is 5.61. The van der Waals surface area contributed by atoms with Crippen molar-refractivity contribution in [3.05, 3.63) is 89.6 Å². The molecule has 0 aliphatic carbocycles. The Labute approximate surface area is 187 Å². The number of anilines is 2. The van der Waals surface area contributed by atoms with E-state index in [0.29, 0.717) is 29.8 Å². The molecule has 3 aromatic heterocycles. The number of nitrogens with zero attached hydrogens (tertiary/aromatic N) is 5. The third-order valence-electron chi connectivity index (χ3n) is 5.61. The highest BCUT2D eigenvalue weighted by atomic mass is 15.1. The zero-order valence-electron chi connectivity index (χ0n) is 18.0. The molecule has 0 amide bonds. The summed E-state index contributed by atoms with van der Waals surface area (Å²) in [4.78, 5) is 22.6. The van der Waals surface area contributed by atoms with Gasteiger partial charge in [0, 0.05) is 31.1 Å². The van der Waals surface area contributed by atoms with Crippen molar-refractivity contribution in [3.63, 3.8) is 0 Å². The van der Waals surface area contributed by atoms with E-state index in [9.17, 15) is 0 Å². The molecule has 1 aliphatic heterocycles. The van der Waals surface area contributed by atoms with Crippen molar-refractivity contribution in [3.8, 4) is 11.5 Å². The topological polar surface area (TPSA) is 88.5 Å². The van der Waals surface area contributed by atoms with Gasteiger partial charge in [0.25, 0.3) is 0 Å². The average Bonchev–Trinajstić information content (AvgIpc) is 3.35. The molecule has 32 heavy (non-hydrogen) atoms. The second-order valence-electron chi connectivity index (χ2n) is 8.02. The Morgan fingerprint density at radius 2 is 1.72 bits per heavy atom. The summed E-state index contributed by atoms with van der Waals surface area (Å²) in [7, 11) is 0. The lowest BCUT2D eigenvalue weighted by Gasteiger charge is -2.10. The lowest BCUT2D eigenvalue weighted by molar-refractivity contribution is 0.763. The fourth-order valence-corrected chi connectivity index (χ4v) is 3.93. The lowest BCUT2D eigenvalue weighted by atomic mass is 9.97. The Hall–Kier alpha value is -3.71. The molecular formula is C25H25N7. The van der Waals surface area contributed by atoms with Crippen molar-refractivity contribution >= 4 is 11.6 Å². The minimum Gasteiger partial charge on any atom is -0.325 e. The van der Waals surface area contributed by atoms with Crippen LogP contribution in [0.2, 0.25) is 0 Å². The molecule has 1 unspecified atom stereocenters. The summed E-state index contributed by atoms with van der Waals surface area (Å²) in [6.45, 7) is 4.13. The van der Waals surface area contributed by atoms with Gasteiger partial charge >= 0.3 is 0 Å². The molecule has 160 valence electrons. The number of rotatable bonds is 6. The normalized spacial score (nSPS) is 15.6. The second kappa shape index (κ2) is 9.20. The molecule has 0 bridgehead atoms. The number of hydrogen-bond donors (Lipinski definition) is 2. The van der Waals surface area contributed by atoms with Gasteiger partial charge in [-0.1, -0.05) is 30.3 Å². The molecule has 7 nitrogen and oxygen atoms in total. The van der Waals surface area contributed by atoms with Gasteiger partial charge in [0.1, 0.15) is 23.2 Å². The van der Waals surface area contributed by atoms with Crippen molar-refractivity contribution in [2.45, 2.75) is 25.7 Å². The highest BCUT2D eigenvalue weighted by Crippen LogP contribution is 2.23. The Bertz CT molecular complexity index is 1200. The first-order valence-corrected chi connectivity index (χ1v) is 10.9. The van der Waals surface area contributed by atoms with Crippen LogP contribution in [0.5, 0.6) is 0 Å². The Morgan fingerprint density at radius 1 is 0.906 bits per heavy atom. The van der Waals surface area contributed by atoms with Gasteiger partial charge in [0.15, 0.2) is 5.82 Å². The molecule has 1 aromatic carbocycles. The van der Waals surface area contributed by atoms with E-state index >= 15 is 0 Å². The standard InChI is InChI=1S/C25H25N7/c1-17-3-2-4-21(29-17)25-28-14-11-23(32-25)30-22-10-13-27-24(31-22)15-18-5-7-19(8-6-18)20-9-12-26-16-20/h2-8,10-11,13-14,20,26H,9,12,15-16H2,1H3,(H,27,28,30,31,32). The number of nitrogens with one attached hydrogen (secondary N) is 2. The van der Waals surface area contributed by atoms with Gasteiger partial charge in [-0.15, -0.1) is 0 Å². The van der Waals surface area contributed by atoms with Crippen LogP contribution < -0.4 is 10.6 Å². The zero-order valence-corrected chi connectivity index (χ0v) is 18.0. The minimum atomic E-state index is 0.575. The Balaban J connectivity index is 1.29. The third kappa shape index (κ3) is 4.78. The first-order chi connectivity index (χ1) is 15.7. The van der Waals surface area contributed by atoms with Crippen molar-refractivity contribution in [1.82, 2.24) is 30.2 Å². The maximum absolute atomic E-state index is 4.67. The van der Waals surface area contributed by atoms with E-state index in [0.717, 1.165) is 30.3 Å². The summed E-state index contributed by atoms with van der Waals surface area (Å²) in [6, 6.07) is 18.3. The van der Waals surface area contributed by atoms with Crippen LogP contribution in [0.25, 0.3) is 11.5 Å². The molecule has 0 saturated carbocycles. The van der Waals surface area contributed by atoms with Gasteiger partial charge in [0.2, 0.25) is 0 Å². The summed E-state index contributed by atoms with van der Waals surface area (Å²) in [5.74, 6) is 3.33. The van der Waals surface area contributed by atoms with Crippen LogP contribution in [-0.2, 0) is 6.42 Å². The Morgan fingerprint density at radius 3 is 2.50 bits per heavy atom. The summed E-state index contributed by atoms with van der Waals surface area (Å²) >= 11 is 0. The van der Waals surface area contributed by atoms with E-state index in [1.165, 1.54) is 17.5 Å². The van der Waals surface area contributed by atoms with Gasteiger partial charge in [-0.05, 0) is 61.2 Å². The van der Waals surface area contributed by atoms with Crippen LogP contribution in [0, 0.1) is 6.92 Å². The monoisotopic (exact) mass is 423 g/mol. The zero-order chi connectivity index (χ0) is 21.8. The first-order valence-electron chi connectivity index (χ1n) is 10.9. The van der Waals surface area contributed by atoms with Crippen molar-refractivity contribution in [1.29, 1.82) is 0 Å². The number of pyridine rings is 1. The van der Waals surface area contributed by atoms with Crippen LogP contribution >= 0.6 is 0 Å². The van der Waals surface area contributed by atoms with Gasteiger partial charge in [-0.2, -0.15) is 0 Å². The average molecular weight is 424 g/mol. The summed E-state index contributed by atoms with van der Waals surface area (Å²) < 4.78 is 0. The minimum absolute atomic E-state index is 0.575. The first kappa shape index (κ1) is 20.2. The molecule has 1 atom stereocenters. The lowest BCUT2D eigenvalue weighted by Crippen LogP contribution is -2.08. The van der Waals surface area contributed by atoms with Crippen molar-refractivity contribution < 1.29 is 0 Å². The van der Waals surface area contributed by atoms with Crippen LogP contribution in [0.1, 0.15) is 35.0 Å². The summed E-state index contributed by atoms with van der Waals surface area (Å²) in [6.07, 6.45) is 5.38. The molecular weight excluding hydrogens is 398 g/mol. The summed E-state index contributed by atoms with van der Waals surface area (Å²) in [5, 5.41) is 6.69. The highest BCUT2D eigenvalue weighted by molar-refractivity contribution is 5.56. The smallest absolute Gasteiger partial charge is 0.180 e. The van der Waals surface area contributed by atoms with Crippen LogP contribution in [0.4, 0.5) is 11.6 Å². The SMILES string of the molecule is Cc1cccc(-c2nccc(Nc3ccnc(Cc4ccc(C5CCNC5)cc4)n3)n2)n1. The van der Waals surface area contributed by atoms with Crippen molar-refractivity contribution in [2.24, 2.45) is 0 Å². The molecule has 2 N–H and O–H groups in total. The maximum Gasteiger partial charge on any atom is 0.180 e. The number of aromatic nitrogens is 5. The van der Waals surface area contributed by atoms with Gasteiger partial charge in [-0.25, -0.2) is 24.9 Å². The van der Waals surface area contributed by atoms with E-state index in [1.54, 1.807) is 12.4 Å². The van der Waals surface area contributed by atoms with Gasteiger partial charge in [0.05, 0.1) is 0 Å². The molecule has 4 heterocycles. The largest absolute Gasteiger partial charge is 0.325 e. The molecule has 5 rings (SSSR count). The van der Waals surface area contributed by atoms with E-state index in [2.05, 4.69) is 59.8 Å². The van der Waals surface area contributed by atoms with Crippen LogP contribution in [-0.4, -0.2) is 38.0 Å². The Kier molecular flexibility index (Phi) is 5.81. The number of aryl methyl sites for hydroxylation is 1. The number of benzene rings is 1. The highest BCUT2D eigenvalue weighted by Gasteiger charge is 2.16. The fraction of sp³-hybridized carbons (Fsp3) is 0.240. The molecule has 7 heteroatoms. The molecule has 1 aliphatic rings. The van der Waals surface area contributed by atoms with Crippen LogP contribution in [0.15, 0.2) is 67.0 Å². The maximum atomic E-state index is 4.67. The molecule has 0 radical (unpaired) electrons. The molecule has 1 saturated heterocycles. The number of hydrogen-bond acceptors (Lipinski definition) is 7. The van der Waals surface area contributed by atoms with Crippen LogP contribution in [0.3, 0.4) is 0 Å². The van der Waals surface area contributed by atoms with E-state index in [4.69, 9.17) is 0 Å². The van der Waals surface area contributed by atoms with Crippen molar-refractivity contribution in [2.75, 3.05) is 18.4 Å². The van der Waals surface area contributed by atoms with E-state index in [-0.39, 0.29) is 0 Å². The summed E-state index contributed by atoms with van der Waals surface area (Å²) in [5.41, 5.74) is 4.27. The molecule has 1 fully saturated rings. The second-order valence-corrected chi connectivity index (χ2v) is 8.02. The van der Waals surface area contributed by atoms with Gasteiger partial charge in [-0.3, -0.25) is 0 Å². The predicted molar refractivity (Wildman–Crippen MR) is 125 cm³/mol. The van der Waals surface area contributed by atoms with Gasteiger partial charge < -0.3 is 10.6 Å².